The zero-order valence-corrected chi connectivity index (χ0v) is 25.0. The van der Waals surface area contributed by atoms with Gasteiger partial charge in [-0.05, 0) is 53.6 Å². The number of carbonyl (C=O) groups excluding carboxylic acids is 3. The Kier molecular flexibility index (Phi) is 6.47. The van der Waals surface area contributed by atoms with Gasteiger partial charge in [-0.2, -0.15) is 0 Å². The van der Waals surface area contributed by atoms with E-state index in [1.54, 1.807) is 30.3 Å². The summed E-state index contributed by atoms with van der Waals surface area (Å²) >= 11 is 3.46. The van der Waals surface area contributed by atoms with Gasteiger partial charge in [-0.1, -0.05) is 76.6 Å². The third-order valence-electron chi connectivity index (χ3n) is 8.89. The number of methoxy groups -OCH3 is 2. The zero-order chi connectivity index (χ0) is 29.9. The lowest BCUT2D eigenvalue weighted by atomic mass is 9.64. The summed E-state index contributed by atoms with van der Waals surface area (Å²) < 4.78 is 11.8. The molecule has 1 saturated heterocycles. The molecule has 7 nitrogen and oxygen atoms in total. The van der Waals surface area contributed by atoms with Crippen molar-refractivity contribution in [1.82, 2.24) is 0 Å². The Morgan fingerprint density at radius 1 is 0.837 bits per heavy atom. The van der Waals surface area contributed by atoms with Gasteiger partial charge in [0.1, 0.15) is 11.5 Å². The number of nitrogens with zero attached hydrogens (tertiary/aromatic N) is 1. The molecule has 0 radical (unpaired) electrons. The van der Waals surface area contributed by atoms with E-state index in [0.29, 0.717) is 33.9 Å². The number of amides is 1. The minimum atomic E-state index is -1.39. The fraction of sp³-hybridized carbons (Fsp3) is 0.171. The molecular formula is C35H27BrN2O5. The summed E-state index contributed by atoms with van der Waals surface area (Å²) in [5.74, 6) is -1.10. The normalized spacial score (nSPS) is 22.9. The van der Waals surface area contributed by atoms with Crippen LogP contribution in [0.25, 0.3) is 6.08 Å². The zero-order valence-electron chi connectivity index (χ0n) is 23.4. The van der Waals surface area contributed by atoms with Crippen molar-refractivity contribution in [2.75, 3.05) is 24.4 Å². The third kappa shape index (κ3) is 3.89. The number of para-hydroxylation sites is 2. The summed E-state index contributed by atoms with van der Waals surface area (Å²) in [5.41, 5.74) is 2.43. The summed E-state index contributed by atoms with van der Waals surface area (Å²) in [6.07, 6.45) is 3.95. The van der Waals surface area contributed by atoms with Gasteiger partial charge < -0.3 is 19.7 Å². The third-order valence-corrected chi connectivity index (χ3v) is 9.42. The standard InChI is InChI=1S/C35H27BrN2O5/c1-42-27-17-13-22(19-28(27)43-2)32(39)30-31(33(40)21-11-15-23(36)16-12-21)38-26-10-6-3-7-20(26)14-18-29(38)35(30)24-8-4-5-9-25(24)37-34(35)41/h3-19,29-31H,1-2H3,(H,37,41)/t29?,30-,31+,35+/m0/s1. The number of ether oxygens (including phenoxy) is 2. The van der Waals surface area contributed by atoms with Gasteiger partial charge in [0.25, 0.3) is 0 Å². The molecule has 214 valence electrons. The smallest absolute Gasteiger partial charge is 0.238 e. The molecule has 1 N–H and O–H groups in total. The highest BCUT2D eigenvalue weighted by atomic mass is 79.9. The van der Waals surface area contributed by atoms with Crippen LogP contribution in [-0.4, -0.2) is 43.8 Å². The highest BCUT2D eigenvalue weighted by Crippen LogP contribution is 2.58. The van der Waals surface area contributed by atoms with Crippen molar-refractivity contribution < 1.29 is 23.9 Å². The molecule has 1 amide bonds. The Morgan fingerprint density at radius 2 is 1.53 bits per heavy atom. The van der Waals surface area contributed by atoms with Crippen LogP contribution in [0.4, 0.5) is 11.4 Å². The molecule has 3 aliphatic rings. The van der Waals surface area contributed by atoms with E-state index in [9.17, 15) is 9.59 Å². The first kappa shape index (κ1) is 27.2. The molecule has 1 unspecified atom stereocenters. The van der Waals surface area contributed by atoms with Crippen LogP contribution in [0.3, 0.4) is 0 Å². The molecule has 43 heavy (non-hydrogen) atoms. The van der Waals surface area contributed by atoms with E-state index in [-0.39, 0.29) is 17.5 Å². The molecule has 7 rings (SSSR count). The van der Waals surface area contributed by atoms with Crippen LogP contribution in [0.1, 0.15) is 31.8 Å². The second-order valence-electron chi connectivity index (χ2n) is 10.9. The number of rotatable bonds is 6. The number of halogens is 1. The van der Waals surface area contributed by atoms with Crippen LogP contribution in [-0.2, 0) is 10.2 Å². The molecule has 1 spiro atoms. The fourth-order valence-electron chi connectivity index (χ4n) is 7.07. The molecule has 4 aromatic carbocycles. The maximum atomic E-state index is 15.0. The van der Waals surface area contributed by atoms with E-state index < -0.39 is 23.4 Å². The van der Waals surface area contributed by atoms with Crippen molar-refractivity contribution in [2.24, 2.45) is 5.92 Å². The van der Waals surface area contributed by atoms with E-state index in [1.165, 1.54) is 14.2 Å². The van der Waals surface area contributed by atoms with Crippen molar-refractivity contribution in [2.45, 2.75) is 17.5 Å². The Morgan fingerprint density at radius 3 is 2.30 bits per heavy atom. The SMILES string of the molecule is COc1ccc(C(=O)[C@@H]2[C@H](C(=O)c3ccc(Br)cc3)N3c4ccccc4C=CC3[C@@]23C(=O)Nc2ccccc23)cc1OC. The Labute approximate surface area is 257 Å². The van der Waals surface area contributed by atoms with Gasteiger partial charge in [0.15, 0.2) is 23.1 Å². The summed E-state index contributed by atoms with van der Waals surface area (Å²) in [5, 5.41) is 3.06. The summed E-state index contributed by atoms with van der Waals surface area (Å²) in [4.78, 5) is 46.2. The lowest BCUT2D eigenvalue weighted by Crippen LogP contribution is -2.51. The van der Waals surface area contributed by atoms with Gasteiger partial charge in [-0.25, -0.2) is 0 Å². The summed E-state index contributed by atoms with van der Waals surface area (Å²) in [6.45, 7) is 0. The van der Waals surface area contributed by atoms with Crippen LogP contribution in [0.5, 0.6) is 11.5 Å². The second-order valence-corrected chi connectivity index (χ2v) is 11.8. The summed E-state index contributed by atoms with van der Waals surface area (Å²) in [7, 11) is 3.03. The number of carbonyl (C=O) groups is 3. The van der Waals surface area contributed by atoms with E-state index >= 15 is 4.79 Å². The molecular weight excluding hydrogens is 608 g/mol. The lowest BCUT2D eigenvalue weighted by Gasteiger charge is -2.37. The van der Waals surface area contributed by atoms with Gasteiger partial charge in [0.05, 0.1) is 26.2 Å². The molecule has 1 fully saturated rings. The Hall–Kier alpha value is -4.69. The monoisotopic (exact) mass is 634 g/mol. The highest BCUT2D eigenvalue weighted by molar-refractivity contribution is 9.10. The molecule has 0 bridgehead atoms. The topological polar surface area (TPSA) is 84.9 Å². The predicted octanol–water partition coefficient (Wildman–Crippen LogP) is 6.32. The molecule has 4 atom stereocenters. The maximum absolute atomic E-state index is 15.0. The molecule has 3 heterocycles. The van der Waals surface area contributed by atoms with E-state index in [4.69, 9.17) is 9.47 Å². The number of Topliss-reactive ketones (excluding diaryl/α,β-unsaturated/α-hetero) is 2. The molecule has 8 heteroatoms. The van der Waals surface area contributed by atoms with Crippen molar-refractivity contribution in [1.29, 1.82) is 0 Å². The van der Waals surface area contributed by atoms with Gasteiger partial charge in [-0.15, -0.1) is 0 Å². The number of hydrogen-bond acceptors (Lipinski definition) is 6. The number of nitrogens with one attached hydrogen (secondary N) is 1. The van der Waals surface area contributed by atoms with E-state index in [2.05, 4.69) is 21.2 Å². The van der Waals surface area contributed by atoms with Crippen molar-refractivity contribution in [3.05, 3.63) is 124 Å². The van der Waals surface area contributed by atoms with Crippen LogP contribution in [0, 0.1) is 5.92 Å². The van der Waals surface area contributed by atoms with Gasteiger partial charge in [-0.3, -0.25) is 14.4 Å². The summed E-state index contributed by atoms with van der Waals surface area (Å²) in [6, 6.07) is 25.7. The average Bonchev–Trinajstić information content (AvgIpc) is 3.52. The molecule has 0 aromatic heterocycles. The van der Waals surface area contributed by atoms with Gasteiger partial charge in [0.2, 0.25) is 5.91 Å². The van der Waals surface area contributed by atoms with Gasteiger partial charge >= 0.3 is 0 Å². The molecule has 3 aliphatic heterocycles. The first-order valence-electron chi connectivity index (χ1n) is 13.9. The largest absolute Gasteiger partial charge is 0.493 e. The van der Waals surface area contributed by atoms with Crippen molar-refractivity contribution >= 4 is 50.9 Å². The van der Waals surface area contributed by atoms with Crippen LogP contribution < -0.4 is 19.7 Å². The number of hydrogen-bond donors (Lipinski definition) is 1. The number of anilines is 2. The first-order chi connectivity index (χ1) is 20.9. The average molecular weight is 636 g/mol. The van der Waals surface area contributed by atoms with Gasteiger partial charge in [0, 0.05) is 27.0 Å². The van der Waals surface area contributed by atoms with Crippen LogP contribution >= 0.6 is 15.9 Å². The Balaban J connectivity index is 1.52. The van der Waals surface area contributed by atoms with E-state index in [0.717, 1.165) is 15.7 Å². The minimum Gasteiger partial charge on any atom is -0.493 e. The number of fused-ring (bicyclic) bond motifs is 6. The Bertz CT molecular complexity index is 1830. The van der Waals surface area contributed by atoms with E-state index in [1.807, 2.05) is 77.7 Å². The quantitative estimate of drug-likeness (QED) is 0.250. The van der Waals surface area contributed by atoms with Crippen molar-refractivity contribution in [3.8, 4) is 11.5 Å². The second kappa shape index (κ2) is 10.2. The minimum absolute atomic E-state index is 0.240. The van der Waals surface area contributed by atoms with Crippen LogP contribution in [0.15, 0.2) is 102 Å². The van der Waals surface area contributed by atoms with Crippen molar-refractivity contribution in [3.63, 3.8) is 0 Å². The number of ketones is 2. The molecule has 0 aliphatic carbocycles. The van der Waals surface area contributed by atoms with Crippen LogP contribution in [0.2, 0.25) is 0 Å². The number of benzene rings is 4. The lowest BCUT2D eigenvalue weighted by molar-refractivity contribution is -0.121. The maximum Gasteiger partial charge on any atom is 0.238 e. The predicted molar refractivity (Wildman–Crippen MR) is 168 cm³/mol. The molecule has 0 saturated carbocycles. The first-order valence-corrected chi connectivity index (χ1v) is 14.7. The molecule has 4 aromatic rings. The highest BCUT2D eigenvalue weighted by Gasteiger charge is 2.70. The fourth-order valence-corrected chi connectivity index (χ4v) is 7.34.